The number of nitrogens with zero attached hydrogens (tertiary/aromatic N) is 4. The van der Waals surface area contributed by atoms with Crippen molar-refractivity contribution in [1.29, 1.82) is 0 Å². The number of anilines is 1. The fraction of sp³-hybridized carbons (Fsp3) is 0.0690. The zero-order valence-corrected chi connectivity index (χ0v) is 22.1. The second kappa shape index (κ2) is 9.56. The van der Waals surface area contributed by atoms with Crippen molar-refractivity contribution in [2.45, 2.75) is 12.5 Å². The standard InChI is InChI=1S/C29H19Br2FN4/c30-21-10-6-18(7-11-21)26-17-27(19-8-13-23(32)14-9-19)36(35-26)29-33-25-15-12-22(31)16-24(25)28(34-29)20-4-2-1-3-5-20/h1-16,27H,17H2/t27-/m0/s1. The Labute approximate surface area is 224 Å². The van der Waals surface area contributed by atoms with Crippen LogP contribution in [0.15, 0.2) is 111 Å². The van der Waals surface area contributed by atoms with Crippen LogP contribution in [0.2, 0.25) is 0 Å². The van der Waals surface area contributed by atoms with Crippen molar-refractivity contribution in [3.05, 3.63) is 123 Å². The van der Waals surface area contributed by atoms with E-state index in [1.807, 2.05) is 89.9 Å². The Bertz CT molecular complexity index is 1590. The van der Waals surface area contributed by atoms with Gasteiger partial charge >= 0.3 is 0 Å². The van der Waals surface area contributed by atoms with Gasteiger partial charge in [0.2, 0.25) is 5.95 Å². The lowest BCUT2D eigenvalue weighted by atomic mass is 9.98. The normalized spacial score (nSPS) is 15.4. The molecular formula is C29H19Br2FN4. The average molecular weight is 602 g/mol. The highest BCUT2D eigenvalue weighted by atomic mass is 79.9. The van der Waals surface area contributed by atoms with E-state index in [0.717, 1.165) is 47.9 Å². The third-order valence-corrected chi connectivity index (χ3v) is 7.26. The fourth-order valence-electron chi connectivity index (χ4n) is 4.46. The number of aromatic nitrogens is 2. The number of fused-ring (bicyclic) bond motifs is 1. The average Bonchev–Trinajstić information content (AvgIpc) is 3.35. The summed E-state index contributed by atoms with van der Waals surface area (Å²) in [5.74, 6) is 0.237. The molecule has 5 aromatic rings. The van der Waals surface area contributed by atoms with Gasteiger partial charge in [-0.3, -0.25) is 0 Å². The van der Waals surface area contributed by atoms with Crippen molar-refractivity contribution in [1.82, 2.24) is 9.97 Å². The van der Waals surface area contributed by atoms with E-state index in [0.29, 0.717) is 12.4 Å². The summed E-state index contributed by atoms with van der Waals surface area (Å²) < 4.78 is 15.7. The minimum absolute atomic E-state index is 0.166. The van der Waals surface area contributed by atoms with Crippen LogP contribution in [0.25, 0.3) is 22.2 Å². The summed E-state index contributed by atoms with van der Waals surface area (Å²) in [6.45, 7) is 0. The van der Waals surface area contributed by atoms with E-state index in [-0.39, 0.29) is 11.9 Å². The first-order valence-corrected chi connectivity index (χ1v) is 13.0. The van der Waals surface area contributed by atoms with E-state index in [9.17, 15) is 4.39 Å². The summed E-state index contributed by atoms with van der Waals surface area (Å²) in [5, 5.41) is 7.83. The molecule has 6 rings (SSSR count). The molecular weight excluding hydrogens is 583 g/mol. The van der Waals surface area contributed by atoms with Gasteiger partial charge in [-0.2, -0.15) is 5.10 Å². The Morgan fingerprint density at radius 2 is 1.47 bits per heavy atom. The van der Waals surface area contributed by atoms with Gasteiger partial charge in [0.15, 0.2) is 0 Å². The summed E-state index contributed by atoms with van der Waals surface area (Å²) >= 11 is 7.09. The van der Waals surface area contributed by atoms with Crippen molar-refractivity contribution < 1.29 is 4.39 Å². The lowest BCUT2D eigenvalue weighted by Gasteiger charge is -2.23. The Hall–Kier alpha value is -3.42. The highest BCUT2D eigenvalue weighted by Crippen LogP contribution is 2.38. The van der Waals surface area contributed by atoms with E-state index in [2.05, 4.69) is 31.9 Å². The topological polar surface area (TPSA) is 41.4 Å². The zero-order valence-electron chi connectivity index (χ0n) is 18.9. The molecule has 0 spiro atoms. The minimum atomic E-state index is -0.267. The molecule has 0 saturated heterocycles. The SMILES string of the molecule is Fc1ccc([C@@H]2CC(c3ccc(Br)cc3)=NN2c2nc(-c3ccccc3)c3cc(Br)ccc3n2)cc1. The van der Waals surface area contributed by atoms with E-state index in [4.69, 9.17) is 15.1 Å². The van der Waals surface area contributed by atoms with Gasteiger partial charge in [-0.1, -0.05) is 86.5 Å². The van der Waals surface area contributed by atoms with Gasteiger partial charge in [0.1, 0.15) is 5.82 Å². The van der Waals surface area contributed by atoms with Gasteiger partial charge in [-0.15, -0.1) is 0 Å². The molecule has 0 N–H and O–H groups in total. The molecule has 2 heterocycles. The van der Waals surface area contributed by atoms with Crippen LogP contribution in [-0.4, -0.2) is 15.7 Å². The predicted molar refractivity (Wildman–Crippen MR) is 150 cm³/mol. The number of halogens is 3. The number of hydrogen-bond acceptors (Lipinski definition) is 4. The summed E-state index contributed by atoms with van der Waals surface area (Å²) in [7, 11) is 0. The molecule has 4 nitrogen and oxygen atoms in total. The molecule has 0 fully saturated rings. The van der Waals surface area contributed by atoms with Crippen molar-refractivity contribution in [3.8, 4) is 11.3 Å². The Morgan fingerprint density at radius 1 is 0.750 bits per heavy atom. The summed E-state index contributed by atoms with van der Waals surface area (Å²) in [4.78, 5) is 9.96. The smallest absolute Gasteiger partial charge is 0.223 e. The Kier molecular flexibility index (Phi) is 6.11. The third kappa shape index (κ3) is 4.45. The first kappa shape index (κ1) is 23.0. The van der Waals surface area contributed by atoms with Crippen LogP contribution in [0.5, 0.6) is 0 Å². The Morgan fingerprint density at radius 3 is 2.22 bits per heavy atom. The van der Waals surface area contributed by atoms with Gasteiger partial charge in [0, 0.05) is 26.3 Å². The van der Waals surface area contributed by atoms with Gasteiger partial charge in [-0.25, -0.2) is 19.4 Å². The number of hydrogen-bond donors (Lipinski definition) is 0. The minimum Gasteiger partial charge on any atom is -0.223 e. The fourth-order valence-corrected chi connectivity index (χ4v) is 5.09. The molecule has 36 heavy (non-hydrogen) atoms. The van der Waals surface area contributed by atoms with Gasteiger partial charge in [-0.05, 0) is 53.6 Å². The monoisotopic (exact) mass is 600 g/mol. The van der Waals surface area contributed by atoms with Crippen LogP contribution in [0, 0.1) is 5.82 Å². The van der Waals surface area contributed by atoms with Gasteiger partial charge in [0.05, 0.1) is 23.0 Å². The van der Waals surface area contributed by atoms with Crippen molar-refractivity contribution >= 4 is 54.4 Å². The third-order valence-electron chi connectivity index (χ3n) is 6.24. The Balaban J connectivity index is 1.53. The highest BCUT2D eigenvalue weighted by Gasteiger charge is 2.32. The van der Waals surface area contributed by atoms with Crippen LogP contribution >= 0.6 is 31.9 Å². The van der Waals surface area contributed by atoms with Gasteiger partial charge in [0.25, 0.3) is 0 Å². The van der Waals surface area contributed by atoms with Gasteiger partial charge < -0.3 is 0 Å². The van der Waals surface area contributed by atoms with Crippen molar-refractivity contribution in [3.63, 3.8) is 0 Å². The molecule has 0 amide bonds. The van der Waals surface area contributed by atoms with Crippen LogP contribution in [-0.2, 0) is 0 Å². The van der Waals surface area contributed by atoms with Crippen molar-refractivity contribution in [2.75, 3.05) is 5.01 Å². The van der Waals surface area contributed by atoms with Crippen LogP contribution in [0.4, 0.5) is 10.3 Å². The van der Waals surface area contributed by atoms with E-state index >= 15 is 0 Å². The summed E-state index contributed by atoms with van der Waals surface area (Å²) in [5.41, 5.74) is 5.57. The quantitative estimate of drug-likeness (QED) is 0.208. The highest BCUT2D eigenvalue weighted by molar-refractivity contribution is 9.10. The van der Waals surface area contributed by atoms with E-state index in [1.54, 1.807) is 0 Å². The molecule has 4 aromatic carbocycles. The zero-order chi connectivity index (χ0) is 24.6. The van der Waals surface area contributed by atoms with Crippen LogP contribution < -0.4 is 5.01 Å². The van der Waals surface area contributed by atoms with Crippen LogP contribution in [0.3, 0.4) is 0 Å². The second-order valence-corrected chi connectivity index (χ2v) is 10.4. The van der Waals surface area contributed by atoms with E-state index in [1.165, 1.54) is 12.1 Å². The lowest BCUT2D eigenvalue weighted by Crippen LogP contribution is -2.21. The number of rotatable bonds is 4. The largest absolute Gasteiger partial charge is 0.247 e. The molecule has 176 valence electrons. The van der Waals surface area contributed by atoms with Crippen LogP contribution in [0.1, 0.15) is 23.6 Å². The molecule has 0 aliphatic carbocycles. The molecule has 0 bridgehead atoms. The number of hydrazone groups is 1. The first-order valence-electron chi connectivity index (χ1n) is 11.5. The number of benzene rings is 4. The second-order valence-electron chi connectivity index (χ2n) is 8.57. The molecule has 1 aliphatic heterocycles. The molecule has 1 aliphatic rings. The molecule has 0 saturated carbocycles. The summed E-state index contributed by atoms with van der Waals surface area (Å²) in [6.07, 6.45) is 0.648. The first-order chi connectivity index (χ1) is 17.5. The maximum atomic E-state index is 13.7. The molecule has 1 atom stereocenters. The predicted octanol–water partition coefficient (Wildman–Crippen LogP) is 8.32. The van der Waals surface area contributed by atoms with E-state index < -0.39 is 0 Å². The molecule has 7 heteroatoms. The molecule has 0 unspecified atom stereocenters. The molecule has 0 radical (unpaired) electrons. The maximum absolute atomic E-state index is 13.7. The maximum Gasteiger partial charge on any atom is 0.247 e. The lowest BCUT2D eigenvalue weighted by molar-refractivity contribution is 0.623. The van der Waals surface area contributed by atoms with Crippen molar-refractivity contribution in [2.24, 2.45) is 5.10 Å². The molecule has 1 aromatic heterocycles. The summed E-state index contributed by atoms with van der Waals surface area (Å²) in [6, 6.07) is 30.6.